The maximum absolute atomic E-state index is 12.7. The van der Waals surface area contributed by atoms with Gasteiger partial charge in [0.05, 0.1) is 13.2 Å². The zero-order valence-electron chi connectivity index (χ0n) is 25.7. The van der Waals surface area contributed by atoms with Crippen molar-refractivity contribution in [3.63, 3.8) is 0 Å². The number of Topliss-reactive ketones (excluding diaryl/α,β-unsaturated/α-hetero) is 1. The van der Waals surface area contributed by atoms with Crippen LogP contribution in [0.25, 0.3) is 0 Å². The molecule has 218 valence electrons. The van der Waals surface area contributed by atoms with Gasteiger partial charge in [-0.1, -0.05) is 59.3 Å². The minimum Gasteiger partial charge on any atom is -0.464 e. The monoisotopic (exact) mass is 547 g/mol. The Hall–Kier alpha value is -2.01. The predicted molar refractivity (Wildman–Crippen MR) is 156 cm³/mol. The van der Waals surface area contributed by atoms with Gasteiger partial charge >= 0.3 is 5.97 Å². The van der Waals surface area contributed by atoms with Crippen LogP contribution in [0.5, 0.6) is 0 Å². The molecule has 6 aliphatic rings. The highest BCUT2D eigenvalue weighted by atomic mass is 16.5. The van der Waals surface area contributed by atoms with Crippen LogP contribution in [0.15, 0.2) is 34.9 Å². The van der Waals surface area contributed by atoms with Crippen molar-refractivity contribution in [3.05, 3.63) is 34.9 Å². The molecule has 0 aromatic heterocycles. The number of ketones is 2. The molecule has 7 atom stereocenters. The molecule has 40 heavy (non-hydrogen) atoms. The molecule has 0 N–H and O–H groups in total. The van der Waals surface area contributed by atoms with Crippen LogP contribution in [-0.4, -0.2) is 48.7 Å². The second-order valence-electron chi connectivity index (χ2n) is 15.7. The number of fused-ring (bicyclic) bond motifs is 7. The number of allylic oxidation sites excluding steroid dienone is 6. The summed E-state index contributed by atoms with van der Waals surface area (Å²) >= 11 is 0. The molecule has 6 rings (SSSR count). The molecular formula is C35H49NO4. The number of carbonyl (C=O) groups is 3. The van der Waals surface area contributed by atoms with E-state index in [4.69, 9.17) is 4.74 Å². The normalized spacial score (nSPS) is 44.9. The molecule has 1 heterocycles. The van der Waals surface area contributed by atoms with E-state index in [2.05, 4.69) is 51.7 Å². The van der Waals surface area contributed by atoms with Gasteiger partial charge < -0.3 is 4.74 Å². The Morgan fingerprint density at radius 3 is 2.38 bits per heavy atom. The zero-order valence-corrected chi connectivity index (χ0v) is 25.7. The number of esters is 1. The van der Waals surface area contributed by atoms with Crippen molar-refractivity contribution in [2.75, 3.05) is 26.2 Å². The van der Waals surface area contributed by atoms with Gasteiger partial charge in [0.25, 0.3) is 0 Å². The zero-order chi connectivity index (χ0) is 28.7. The van der Waals surface area contributed by atoms with Crippen molar-refractivity contribution in [1.82, 2.24) is 4.90 Å². The molecule has 1 aliphatic heterocycles. The first-order valence-corrected chi connectivity index (χ1v) is 15.9. The van der Waals surface area contributed by atoms with E-state index in [0.29, 0.717) is 19.1 Å². The van der Waals surface area contributed by atoms with Crippen LogP contribution in [0.1, 0.15) is 99.3 Å². The molecule has 0 bridgehead atoms. The number of rotatable bonds is 4. The second kappa shape index (κ2) is 9.24. The largest absolute Gasteiger partial charge is 0.464 e. The number of likely N-dealkylation sites (tertiary alicyclic amines) is 1. The summed E-state index contributed by atoms with van der Waals surface area (Å²) in [6, 6.07) is 0. The number of nitrogens with zero attached hydrogens (tertiary/aromatic N) is 1. The Labute approximate surface area is 240 Å². The molecule has 5 aliphatic carbocycles. The molecular weight excluding hydrogens is 498 g/mol. The topological polar surface area (TPSA) is 63.7 Å². The van der Waals surface area contributed by atoms with E-state index in [1.807, 2.05) is 6.92 Å². The summed E-state index contributed by atoms with van der Waals surface area (Å²) in [5.74, 6) is -0.502. The number of ether oxygens (including phenoxy) is 1. The standard InChI is InChI=1S/C35H49NO4/c1-23-24-9-10-27-33(4,25(24)19-26(37)30(23)39)14-16-35(6)28-20-31(2,11-12-32(28,3)13-15-34(27,35)5)22-40-29(38)21-36-17-7-8-18-36/h9-10,19,23,28H,7-8,11-18,20-22H2,1-6H3/t23?,28-,31-,32-,33+,34-,35+/m1/s1. The maximum atomic E-state index is 12.7. The quantitative estimate of drug-likeness (QED) is 0.292. The summed E-state index contributed by atoms with van der Waals surface area (Å²) in [6.07, 6.45) is 16.4. The fourth-order valence-corrected chi connectivity index (χ4v) is 10.2. The van der Waals surface area contributed by atoms with Crippen molar-refractivity contribution in [1.29, 1.82) is 0 Å². The van der Waals surface area contributed by atoms with Gasteiger partial charge in [-0.3, -0.25) is 19.3 Å². The molecule has 3 saturated carbocycles. The molecule has 0 aromatic carbocycles. The van der Waals surface area contributed by atoms with Crippen molar-refractivity contribution < 1.29 is 19.1 Å². The van der Waals surface area contributed by atoms with Gasteiger partial charge in [0, 0.05) is 16.7 Å². The van der Waals surface area contributed by atoms with Gasteiger partial charge in [-0.25, -0.2) is 0 Å². The van der Waals surface area contributed by atoms with Gasteiger partial charge in [-0.15, -0.1) is 0 Å². The van der Waals surface area contributed by atoms with E-state index in [1.54, 1.807) is 6.08 Å². The van der Waals surface area contributed by atoms with Crippen molar-refractivity contribution >= 4 is 17.5 Å². The summed E-state index contributed by atoms with van der Waals surface area (Å²) in [5, 5.41) is 0. The average Bonchev–Trinajstić information content (AvgIpc) is 3.42. The first-order chi connectivity index (χ1) is 18.7. The third-order valence-corrected chi connectivity index (χ3v) is 13.2. The number of hydrogen-bond donors (Lipinski definition) is 0. The highest BCUT2D eigenvalue weighted by Crippen LogP contribution is 2.75. The van der Waals surface area contributed by atoms with E-state index in [0.717, 1.165) is 56.3 Å². The molecule has 5 heteroatoms. The van der Waals surface area contributed by atoms with E-state index < -0.39 is 0 Å². The third kappa shape index (κ3) is 4.00. The van der Waals surface area contributed by atoms with Gasteiger partial charge in [-0.05, 0) is 110 Å². The third-order valence-electron chi connectivity index (χ3n) is 13.2. The van der Waals surface area contributed by atoms with Crippen molar-refractivity contribution in [2.24, 2.45) is 38.9 Å². The smallest absolute Gasteiger partial charge is 0.320 e. The molecule has 5 nitrogen and oxygen atoms in total. The van der Waals surface area contributed by atoms with Gasteiger partial charge in [0.2, 0.25) is 11.6 Å². The Bertz CT molecular complexity index is 1240. The lowest BCUT2D eigenvalue weighted by molar-refractivity contribution is -0.173. The van der Waals surface area contributed by atoms with E-state index >= 15 is 0 Å². The van der Waals surface area contributed by atoms with Gasteiger partial charge in [-0.2, -0.15) is 0 Å². The van der Waals surface area contributed by atoms with Crippen LogP contribution in [0.2, 0.25) is 0 Å². The van der Waals surface area contributed by atoms with Gasteiger partial charge in [0.1, 0.15) is 0 Å². The maximum Gasteiger partial charge on any atom is 0.320 e. The lowest BCUT2D eigenvalue weighted by atomic mass is 9.34. The van der Waals surface area contributed by atoms with Crippen LogP contribution in [-0.2, 0) is 19.1 Å². The van der Waals surface area contributed by atoms with E-state index in [-0.39, 0.29) is 50.5 Å². The molecule has 0 aromatic rings. The van der Waals surface area contributed by atoms with Crippen LogP contribution < -0.4 is 0 Å². The summed E-state index contributed by atoms with van der Waals surface area (Å²) in [6.45, 7) is 17.1. The first-order valence-electron chi connectivity index (χ1n) is 15.9. The van der Waals surface area contributed by atoms with Crippen LogP contribution in [0, 0.1) is 38.9 Å². The molecule has 0 radical (unpaired) electrons. The SMILES string of the molecule is CC1C(=O)C(=O)C=C2C1=CC=C1[C@@]2(C)CC[C@@]2(C)[C@@H]3C[C@](C)(COC(=O)CN4CCCC4)CC[C@]3(C)CC[C@]12C. The minimum absolute atomic E-state index is 0.00498. The summed E-state index contributed by atoms with van der Waals surface area (Å²) in [4.78, 5) is 40.2. The second-order valence-corrected chi connectivity index (χ2v) is 15.7. The fraction of sp³-hybridized carbons (Fsp3) is 0.743. The fourth-order valence-electron chi connectivity index (χ4n) is 10.2. The Morgan fingerprint density at radius 1 is 0.950 bits per heavy atom. The number of hydrogen-bond acceptors (Lipinski definition) is 5. The molecule has 1 unspecified atom stereocenters. The summed E-state index contributed by atoms with van der Waals surface area (Å²) in [7, 11) is 0. The van der Waals surface area contributed by atoms with Crippen LogP contribution in [0.4, 0.5) is 0 Å². The van der Waals surface area contributed by atoms with Crippen molar-refractivity contribution in [3.8, 4) is 0 Å². The molecule has 0 spiro atoms. The van der Waals surface area contributed by atoms with Crippen molar-refractivity contribution in [2.45, 2.75) is 99.3 Å². The van der Waals surface area contributed by atoms with Gasteiger partial charge in [0.15, 0.2) is 0 Å². The number of carbonyl (C=O) groups excluding carboxylic acids is 3. The highest BCUT2D eigenvalue weighted by Gasteiger charge is 2.67. The summed E-state index contributed by atoms with van der Waals surface area (Å²) in [5.41, 5.74) is 3.79. The first kappa shape index (κ1) is 28.1. The Kier molecular flexibility index (Phi) is 6.50. The van der Waals surface area contributed by atoms with Crippen LogP contribution >= 0.6 is 0 Å². The Morgan fingerprint density at radius 2 is 1.65 bits per heavy atom. The highest BCUT2D eigenvalue weighted by molar-refractivity contribution is 6.44. The van der Waals surface area contributed by atoms with E-state index in [1.165, 1.54) is 31.3 Å². The molecule has 0 amide bonds. The lowest BCUT2D eigenvalue weighted by Crippen LogP contribution is -2.62. The summed E-state index contributed by atoms with van der Waals surface area (Å²) < 4.78 is 5.98. The Balaban J connectivity index is 1.28. The molecule has 1 saturated heterocycles. The average molecular weight is 548 g/mol. The predicted octanol–water partition coefficient (Wildman–Crippen LogP) is 6.63. The minimum atomic E-state index is -0.356. The molecule has 4 fully saturated rings. The van der Waals surface area contributed by atoms with E-state index in [9.17, 15) is 14.4 Å². The lowest BCUT2D eigenvalue weighted by Gasteiger charge is -2.70. The van der Waals surface area contributed by atoms with Crippen LogP contribution in [0.3, 0.4) is 0 Å².